The minimum Gasteiger partial charge on any atom is -0.489 e. The van der Waals surface area contributed by atoms with E-state index in [1.54, 1.807) is 0 Å². The van der Waals surface area contributed by atoms with Crippen LogP contribution in [0.1, 0.15) is 68.4 Å². The minimum atomic E-state index is -0.446. The van der Waals surface area contributed by atoms with Crippen molar-refractivity contribution in [1.82, 2.24) is 0 Å². The standard InChI is InChI=1S/C36H36Br2O2/c1-6-21(3)19-39-34-17-29-28-11-8-23(5)14-30(28)36(33(29)18-35(34)40-20-22(4)7-2)31-15-24(37)9-12-26(31)27-13-10-25(38)16-32(27)36/h8-18,21-22H,6-7,19-20H2,1-5H3. The Kier molecular flexibility index (Phi) is 7.37. The van der Waals surface area contributed by atoms with Crippen molar-refractivity contribution in [2.75, 3.05) is 13.2 Å². The van der Waals surface area contributed by atoms with Gasteiger partial charge in [0.15, 0.2) is 11.5 Å². The molecule has 0 saturated carbocycles. The lowest BCUT2D eigenvalue weighted by atomic mass is 9.70. The first-order valence-electron chi connectivity index (χ1n) is 14.4. The minimum absolute atomic E-state index is 0.446. The Bertz CT molecular complexity index is 1550. The Hall–Kier alpha value is -2.56. The Morgan fingerprint density at radius 3 is 1.60 bits per heavy atom. The number of hydrogen-bond acceptors (Lipinski definition) is 2. The van der Waals surface area contributed by atoms with Gasteiger partial charge in [-0.25, -0.2) is 0 Å². The zero-order chi connectivity index (χ0) is 28.2. The highest BCUT2D eigenvalue weighted by Gasteiger charge is 2.52. The molecule has 6 rings (SSSR count). The molecule has 206 valence electrons. The molecule has 4 aromatic carbocycles. The molecule has 2 aliphatic rings. The van der Waals surface area contributed by atoms with Gasteiger partial charge in [-0.3, -0.25) is 0 Å². The summed E-state index contributed by atoms with van der Waals surface area (Å²) in [7, 11) is 0. The van der Waals surface area contributed by atoms with Crippen molar-refractivity contribution < 1.29 is 9.47 Å². The van der Waals surface area contributed by atoms with E-state index in [-0.39, 0.29) is 0 Å². The van der Waals surface area contributed by atoms with Gasteiger partial charge in [-0.15, -0.1) is 0 Å². The first kappa shape index (κ1) is 27.6. The highest BCUT2D eigenvalue weighted by Crippen LogP contribution is 2.64. The maximum Gasteiger partial charge on any atom is 0.161 e. The van der Waals surface area contributed by atoms with Gasteiger partial charge in [0.1, 0.15) is 0 Å². The van der Waals surface area contributed by atoms with E-state index < -0.39 is 5.41 Å². The first-order chi connectivity index (χ1) is 19.3. The van der Waals surface area contributed by atoms with E-state index in [9.17, 15) is 0 Å². The van der Waals surface area contributed by atoms with Crippen molar-refractivity contribution >= 4 is 31.9 Å². The summed E-state index contributed by atoms with van der Waals surface area (Å²) < 4.78 is 15.3. The Morgan fingerprint density at radius 1 is 0.600 bits per heavy atom. The molecule has 0 fully saturated rings. The van der Waals surface area contributed by atoms with Gasteiger partial charge in [-0.05, 0) is 99.7 Å². The molecule has 4 heteroatoms. The first-order valence-corrected chi connectivity index (χ1v) is 16.0. The van der Waals surface area contributed by atoms with Gasteiger partial charge in [0.05, 0.1) is 18.6 Å². The van der Waals surface area contributed by atoms with Crippen molar-refractivity contribution in [1.29, 1.82) is 0 Å². The third-order valence-corrected chi connectivity index (χ3v) is 9.85. The molecule has 0 N–H and O–H groups in total. The Labute approximate surface area is 255 Å². The largest absolute Gasteiger partial charge is 0.489 e. The molecule has 0 saturated heterocycles. The zero-order valence-corrected chi connectivity index (χ0v) is 27.1. The van der Waals surface area contributed by atoms with Crippen LogP contribution in [0.3, 0.4) is 0 Å². The molecular formula is C36H36Br2O2. The van der Waals surface area contributed by atoms with Crippen LogP contribution in [0, 0.1) is 18.8 Å². The van der Waals surface area contributed by atoms with E-state index in [1.807, 2.05) is 0 Å². The summed E-state index contributed by atoms with van der Waals surface area (Å²) >= 11 is 7.62. The van der Waals surface area contributed by atoms with Gasteiger partial charge in [-0.1, -0.05) is 108 Å². The molecule has 0 bridgehead atoms. The molecule has 0 radical (unpaired) electrons. The second-order valence-corrected chi connectivity index (χ2v) is 13.5. The fourth-order valence-electron chi connectivity index (χ4n) is 6.22. The Morgan fingerprint density at radius 2 is 1.05 bits per heavy atom. The summed E-state index contributed by atoms with van der Waals surface area (Å²) in [6.45, 7) is 12.4. The van der Waals surface area contributed by atoms with Gasteiger partial charge in [0.25, 0.3) is 0 Å². The molecule has 2 atom stereocenters. The van der Waals surface area contributed by atoms with Crippen LogP contribution < -0.4 is 9.47 Å². The van der Waals surface area contributed by atoms with E-state index in [2.05, 4.69) is 133 Å². The van der Waals surface area contributed by atoms with Crippen molar-refractivity contribution in [2.24, 2.45) is 11.8 Å². The second-order valence-electron chi connectivity index (χ2n) is 11.7. The molecule has 4 aromatic rings. The van der Waals surface area contributed by atoms with Gasteiger partial charge in [-0.2, -0.15) is 0 Å². The van der Waals surface area contributed by atoms with Crippen LogP contribution in [0.15, 0.2) is 75.7 Å². The fourth-order valence-corrected chi connectivity index (χ4v) is 6.94. The molecule has 1 spiro atoms. The second kappa shape index (κ2) is 10.7. The van der Waals surface area contributed by atoms with E-state index in [0.29, 0.717) is 25.0 Å². The van der Waals surface area contributed by atoms with Crippen LogP contribution in [0.2, 0.25) is 0 Å². The molecule has 40 heavy (non-hydrogen) atoms. The summed E-state index contributed by atoms with van der Waals surface area (Å²) in [4.78, 5) is 0. The van der Waals surface area contributed by atoms with Crippen molar-refractivity contribution in [3.05, 3.63) is 103 Å². The van der Waals surface area contributed by atoms with Gasteiger partial charge in [0.2, 0.25) is 0 Å². The number of aryl methyl sites for hydroxylation is 1. The van der Waals surface area contributed by atoms with Crippen LogP contribution in [0.5, 0.6) is 11.5 Å². The number of ether oxygens (including phenoxy) is 2. The Balaban J connectivity index is 1.66. The molecule has 0 aliphatic heterocycles. The lowest BCUT2D eigenvalue weighted by molar-refractivity contribution is 0.217. The summed E-state index contributed by atoms with van der Waals surface area (Å²) in [5.41, 5.74) is 11.1. The molecule has 0 amide bonds. The fraction of sp³-hybridized carbons (Fsp3) is 0.333. The average Bonchev–Trinajstić information content (AvgIpc) is 3.38. The predicted octanol–water partition coefficient (Wildman–Crippen LogP) is 10.7. The van der Waals surface area contributed by atoms with Gasteiger partial charge >= 0.3 is 0 Å². The number of rotatable bonds is 8. The van der Waals surface area contributed by atoms with E-state index in [1.165, 1.54) is 50.1 Å². The van der Waals surface area contributed by atoms with Crippen LogP contribution in [-0.4, -0.2) is 13.2 Å². The van der Waals surface area contributed by atoms with Crippen molar-refractivity contribution in [3.8, 4) is 33.8 Å². The van der Waals surface area contributed by atoms with Gasteiger partial charge in [0, 0.05) is 8.95 Å². The molecular weight excluding hydrogens is 624 g/mol. The molecule has 0 aromatic heterocycles. The normalized spacial score (nSPS) is 15.3. The van der Waals surface area contributed by atoms with E-state index in [0.717, 1.165) is 33.3 Å². The molecule has 2 unspecified atom stereocenters. The summed E-state index contributed by atoms with van der Waals surface area (Å²) in [5, 5.41) is 0. The lowest BCUT2D eigenvalue weighted by Crippen LogP contribution is -2.26. The third kappa shape index (κ3) is 4.34. The van der Waals surface area contributed by atoms with Crippen LogP contribution >= 0.6 is 31.9 Å². The number of hydrogen-bond donors (Lipinski definition) is 0. The maximum absolute atomic E-state index is 6.59. The SMILES string of the molecule is CCC(C)COc1cc2c(cc1OCC(C)CC)C1(c3cc(C)ccc3-2)c2cc(Br)ccc2-c2ccc(Br)cc21. The zero-order valence-electron chi connectivity index (χ0n) is 23.9. The monoisotopic (exact) mass is 658 g/mol. The summed E-state index contributed by atoms with van der Waals surface area (Å²) in [6.07, 6.45) is 2.15. The summed E-state index contributed by atoms with van der Waals surface area (Å²) in [5.74, 6) is 2.61. The topological polar surface area (TPSA) is 18.5 Å². The lowest BCUT2D eigenvalue weighted by Gasteiger charge is -2.31. The molecule has 2 nitrogen and oxygen atoms in total. The van der Waals surface area contributed by atoms with E-state index >= 15 is 0 Å². The quantitative estimate of drug-likeness (QED) is 0.162. The molecule has 0 heterocycles. The van der Waals surface area contributed by atoms with Crippen molar-refractivity contribution in [2.45, 2.75) is 52.9 Å². The third-order valence-electron chi connectivity index (χ3n) is 8.86. The van der Waals surface area contributed by atoms with Crippen LogP contribution in [0.25, 0.3) is 22.3 Å². The summed E-state index contributed by atoms with van der Waals surface area (Å²) in [6, 6.07) is 24.9. The average molecular weight is 660 g/mol. The van der Waals surface area contributed by atoms with E-state index in [4.69, 9.17) is 9.47 Å². The highest BCUT2D eigenvalue weighted by molar-refractivity contribution is 9.10. The number of halogens is 2. The highest BCUT2D eigenvalue weighted by atomic mass is 79.9. The number of fused-ring (bicyclic) bond motifs is 10. The van der Waals surface area contributed by atoms with Crippen LogP contribution in [0.4, 0.5) is 0 Å². The maximum atomic E-state index is 6.59. The van der Waals surface area contributed by atoms with Gasteiger partial charge < -0.3 is 9.47 Å². The van der Waals surface area contributed by atoms with Crippen LogP contribution in [-0.2, 0) is 5.41 Å². The van der Waals surface area contributed by atoms with Crippen molar-refractivity contribution in [3.63, 3.8) is 0 Å². The number of benzene rings is 4. The smallest absolute Gasteiger partial charge is 0.161 e. The molecule has 2 aliphatic carbocycles. The predicted molar refractivity (Wildman–Crippen MR) is 173 cm³/mol.